The summed E-state index contributed by atoms with van der Waals surface area (Å²) >= 11 is 0. The number of hydrogen-bond donors (Lipinski definition) is 4. The number of carbonyl (C=O) groups excluding carboxylic acids is 2. The van der Waals surface area contributed by atoms with Crippen LogP contribution in [-0.2, 0) is 11.3 Å². The molecular formula is C30H38N4O4. The number of aromatic carboxylic acids is 1. The van der Waals surface area contributed by atoms with E-state index in [1.807, 2.05) is 18.2 Å². The van der Waals surface area contributed by atoms with Crippen molar-refractivity contribution in [3.05, 3.63) is 64.7 Å². The molecule has 8 heteroatoms. The smallest absolute Gasteiger partial charge is 0.335 e. The van der Waals surface area contributed by atoms with E-state index in [1.165, 1.54) is 12.1 Å². The van der Waals surface area contributed by atoms with Crippen LogP contribution in [0.25, 0.3) is 0 Å². The first kappa shape index (κ1) is 26.4. The van der Waals surface area contributed by atoms with Crippen molar-refractivity contribution < 1.29 is 19.5 Å². The summed E-state index contributed by atoms with van der Waals surface area (Å²) in [6.07, 6.45) is 5.31. The zero-order chi connectivity index (χ0) is 26.8. The lowest BCUT2D eigenvalue weighted by Crippen LogP contribution is -2.57. The molecule has 2 saturated heterocycles. The van der Waals surface area contributed by atoms with Gasteiger partial charge in [-0.3, -0.25) is 9.59 Å². The summed E-state index contributed by atoms with van der Waals surface area (Å²) in [5, 5.41) is 15.6. The second kappa shape index (κ2) is 11.3. The van der Waals surface area contributed by atoms with Crippen LogP contribution in [0.15, 0.2) is 42.5 Å². The molecule has 202 valence electrons. The molecule has 2 aliphatic heterocycles. The van der Waals surface area contributed by atoms with Crippen molar-refractivity contribution in [2.75, 3.05) is 25.0 Å². The van der Waals surface area contributed by atoms with Gasteiger partial charge in [-0.15, -0.1) is 0 Å². The lowest BCUT2D eigenvalue weighted by Gasteiger charge is -2.46. The van der Waals surface area contributed by atoms with E-state index in [1.54, 1.807) is 17.0 Å². The van der Waals surface area contributed by atoms with Gasteiger partial charge >= 0.3 is 5.97 Å². The van der Waals surface area contributed by atoms with Crippen molar-refractivity contribution >= 4 is 23.5 Å². The second-order valence-corrected chi connectivity index (χ2v) is 11.2. The Morgan fingerprint density at radius 2 is 1.68 bits per heavy atom. The Morgan fingerprint density at radius 1 is 1.00 bits per heavy atom. The molecule has 38 heavy (non-hydrogen) atoms. The van der Waals surface area contributed by atoms with Crippen LogP contribution in [0.3, 0.4) is 0 Å². The highest BCUT2D eigenvalue weighted by Crippen LogP contribution is 2.42. The Morgan fingerprint density at radius 3 is 2.32 bits per heavy atom. The summed E-state index contributed by atoms with van der Waals surface area (Å²) in [5.41, 5.74) is 9.52. The third-order valence-corrected chi connectivity index (χ3v) is 8.59. The van der Waals surface area contributed by atoms with Crippen LogP contribution >= 0.6 is 0 Å². The molecule has 3 fully saturated rings. The predicted octanol–water partition coefficient (Wildman–Crippen LogP) is 3.83. The van der Waals surface area contributed by atoms with Gasteiger partial charge in [-0.25, -0.2) is 4.79 Å². The lowest BCUT2D eigenvalue weighted by molar-refractivity contribution is -0.124. The molecule has 1 aliphatic carbocycles. The number of nitrogens with two attached hydrogens (primary N) is 1. The van der Waals surface area contributed by atoms with Gasteiger partial charge in [0.05, 0.1) is 5.56 Å². The van der Waals surface area contributed by atoms with Crippen LogP contribution < -0.4 is 16.4 Å². The maximum atomic E-state index is 14.1. The van der Waals surface area contributed by atoms with Crippen LogP contribution in [0.1, 0.15) is 76.8 Å². The Labute approximate surface area is 224 Å². The highest BCUT2D eigenvalue weighted by Gasteiger charge is 2.43. The van der Waals surface area contributed by atoms with Crippen LogP contribution in [0, 0.1) is 17.8 Å². The molecule has 2 aromatic carbocycles. The van der Waals surface area contributed by atoms with Gasteiger partial charge in [0.25, 0.3) is 5.91 Å². The number of likely N-dealkylation sites (tertiary alicyclic amines) is 1. The minimum atomic E-state index is -1.02. The van der Waals surface area contributed by atoms with E-state index < -0.39 is 12.0 Å². The fourth-order valence-corrected chi connectivity index (χ4v) is 6.39. The largest absolute Gasteiger partial charge is 0.478 e. The molecule has 0 radical (unpaired) electrons. The topological polar surface area (TPSA) is 125 Å². The molecule has 0 aromatic heterocycles. The van der Waals surface area contributed by atoms with Crippen LogP contribution in [0.4, 0.5) is 5.69 Å². The molecule has 1 saturated carbocycles. The number of rotatable bonds is 7. The highest BCUT2D eigenvalue weighted by atomic mass is 16.4. The normalized spacial score (nSPS) is 24.2. The number of piperidine rings is 2. The number of carbonyl (C=O) groups is 3. The minimum Gasteiger partial charge on any atom is -0.478 e. The third kappa shape index (κ3) is 5.61. The zero-order valence-corrected chi connectivity index (χ0v) is 22.0. The highest BCUT2D eigenvalue weighted by molar-refractivity contribution is 6.02. The van der Waals surface area contributed by atoms with Crippen LogP contribution in [0.2, 0.25) is 0 Å². The Hall–Kier alpha value is -3.23. The molecule has 5 N–H and O–H groups in total. The molecule has 2 aromatic rings. The van der Waals surface area contributed by atoms with E-state index in [0.29, 0.717) is 42.1 Å². The monoisotopic (exact) mass is 518 g/mol. The van der Waals surface area contributed by atoms with Crippen LogP contribution in [0.5, 0.6) is 0 Å². The van der Waals surface area contributed by atoms with Gasteiger partial charge in [0.2, 0.25) is 5.91 Å². The van der Waals surface area contributed by atoms with Crippen molar-refractivity contribution in [2.45, 2.75) is 57.5 Å². The fraction of sp³-hybridized carbons (Fsp3) is 0.500. The van der Waals surface area contributed by atoms with Gasteiger partial charge in [0.1, 0.15) is 6.04 Å². The Kier molecular flexibility index (Phi) is 7.81. The van der Waals surface area contributed by atoms with E-state index in [2.05, 4.69) is 17.6 Å². The first-order valence-corrected chi connectivity index (χ1v) is 13.8. The van der Waals surface area contributed by atoms with Crippen molar-refractivity contribution in [2.24, 2.45) is 23.5 Å². The SMILES string of the molecule is C[C@@H]1C[C@H](C2CCNCC2)CN(C(=O)c2ccc(CN)c(C3CC3)c2)[C@@H]1C(=O)Nc1ccc(C(=O)O)cc1. The summed E-state index contributed by atoms with van der Waals surface area (Å²) in [7, 11) is 0. The first-order valence-electron chi connectivity index (χ1n) is 13.8. The van der Waals surface area contributed by atoms with Gasteiger partial charge in [0.15, 0.2) is 0 Å². The second-order valence-electron chi connectivity index (χ2n) is 11.2. The maximum Gasteiger partial charge on any atom is 0.335 e. The number of carboxylic acids is 1. The average molecular weight is 519 g/mol. The number of nitrogens with one attached hydrogen (secondary N) is 2. The number of anilines is 1. The lowest BCUT2D eigenvalue weighted by atomic mass is 9.74. The fourth-order valence-electron chi connectivity index (χ4n) is 6.39. The molecule has 2 amide bonds. The predicted molar refractivity (Wildman–Crippen MR) is 146 cm³/mol. The van der Waals surface area contributed by atoms with Gasteiger partial charge in [0, 0.05) is 24.3 Å². The first-order chi connectivity index (χ1) is 18.4. The molecule has 0 bridgehead atoms. The number of carboxylic acid groups (broad SMARTS) is 1. The van der Waals surface area contributed by atoms with E-state index in [4.69, 9.17) is 5.73 Å². The molecule has 0 spiro atoms. The minimum absolute atomic E-state index is 0.0166. The number of amides is 2. The molecule has 3 aliphatic rings. The van der Waals surface area contributed by atoms with Crippen molar-refractivity contribution in [1.29, 1.82) is 0 Å². The summed E-state index contributed by atoms with van der Waals surface area (Å²) in [6.45, 7) is 5.06. The molecule has 3 atom stereocenters. The van der Waals surface area contributed by atoms with Crippen molar-refractivity contribution in [3.8, 4) is 0 Å². The van der Waals surface area contributed by atoms with E-state index in [0.717, 1.165) is 56.3 Å². The molecule has 0 unspecified atom stereocenters. The zero-order valence-electron chi connectivity index (χ0n) is 22.0. The number of benzene rings is 2. The molecular weight excluding hydrogens is 480 g/mol. The van der Waals surface area contributed by atoms with Crippen LogP contribution in [-0.4, -0.2) is 53.5 Å². The summed E-state index contributed by atoms with van der Waals surface area (Å²) in [6, 6.07) is 11.3. The molecule has 2 heterocycles. The van der Waals surface area contributed by atoms with Gasteiger partial charge < -0.3 is 26.4 Å². The van der Waals surface area contributed by atoms with Gasteiger partial charge in [-0.1, -0.05) is 13.0 Å². The average Bonchev–Trinajstić information content (AvgIpc) is 3.78. The van der Waals surface area contributed by atoms with Gasteiger partial charge in [-0.2, -0.15) is 0 Å². The Balaban J connectivity index is 1.42. The quantitative estimate of drug-likeness (QED) is 0.442. The third-order valence-electron chi connectivity index (χ3n) is 8.59. The summed E-state index contributed by atoms with van der Waals surface area (Å²) in [4.78, 5) is 40.8. The Bertz CT molecular complexity index is 1190. The van der Waals surface area contributed by atoms with E-state index >= 15 is 0 Å². The summed E-state index contributed by atoms with van der Waals surface area (Å²) in [5.74, 6) is -0.0323. The molecule has 5 rings (SSSR count). The summed E-state index contributed by atoms with van der Waals surface area (Å²) < 4.78 is 0. The van der Waals surface area contributed by atoms with E-state index in [9.17, 15) is 19.5 Å². The number of nitrogens with zero attached hydrogens (tertiary/aromatic N) is 1. The standard InChI is InChI=1S/C30H38N4O4/c1-18-14-24(19-10-12-32-13-11-19)17-34(27(18)28(35)33-25-8-6-21(7-9-25)30(37)38)29(36)22-4-5-23(16-31)26(15-22)20-2-3-20/h4-9,15,18-20,24,27,32H,2-3,10-14,16-17,31H2,1H3,(H,33,35)(H,37,38)/t18-,24+,27+/m1/s1. The maximum absolute atomic E-state index is 14.1. The van der Waals surface area contributed by atoms with E-state index in [-0.39, 0.29) is 23.3 Å². The van der Waals surface area contributed by atoms with Crippen molar-refractivity contribution in [3.63, 3.8) is 0 Å². The van der Waals surface area contributed by atoms with Gasteiger partial charge in [-0.05, 0) is 116 Å². The molecule has 8 nitrogen and oxygen atoms in total. The van der Waals surface area contributed by atoms with Crippen molar-refractivity contribution in [1.82, 2.24) is 10.2 Å². The number of hydrogen-bond acceptors (Lipinski definition) is 5.